The molecule has 0 heterocycles. The summed E-state index contributed by atoms with van der Waals surface area (Å²) >= 11 is 0. The van der Waals surface area contributed by atoms with Crippen LogP contribution in [0.3, 0.4) is 0 Å². The van der Waals surface area contributed by atoms with Gasteiger partial charge in [-0.3, -0.25) is 0 Å². The summed E-state index contributed by atoms with van der Waals surface area (Å²) in [6, 6.07) is -0.407. The van der Waals surface area contributed by atoms with Gasteiger partial charge >= 0.3 is 6.03 Å². The van der Waals surface area contributed by atoms with Gasteiger partial charge in [-0.05, 0) is 0 Å². The van der Waals surface area contributed by atoms with E-state index in [1.165, 1.54) is 4.90 Å². The van der Waals surface area contributed by atoms with Crippen molar-refractivity contribution in [3.63, 3.8) is 0 Å². The number of rotatable bonds is 0. The second kappa shape index (κ2) is 6.85. The van der Waals surface area contributed by atoms with Gasteiger partial charge in [0.15, 0.2) is 0 Å². The number of urea groups is 1. The Morgan fingerprint density at radius 3 is 1.50 bits per heavy atom. The molecule has 0 aromatic heterocycles. The number of halogens is 2. The summed E-state index contributed by atoms with van der Waals surface area (Å²) in [6.45, 7) is 0. The van der Waals surface area contributed by atoms with E-state index in [0.717, 1.165) is 0 Å². The molecular weight excluding hydrogens is 151 g/mol. The molecule has 0 atom stereocenters. The highest BCUT2D eigenvalue weighted by Crippen LogP contribution is 1.65. The molecule has 0 aromatic rings. The number of hydrogen-bond donors (Lipinski definition) is 1. The molecule has 5 heteroatoms. The van der Waals surface area contributed by atoms with Crippen molar-refractivity contribution in [3.8, 4) is 0 Å². The van der Waals surface area contributed by atoms with Crippen LogP contribution in [-0.4, -0.2) is 25.0 Å². The molecule has 0 unspecified atom stereocenters. The molecule has 8 heavy (non-hydrogen) atoms. The summed E-state index contributed by atoms with van der Waals surface area (Å²) in [5.41, 5.74) is 4.72. The molecule has 2 amide bonds. The van der Waals surface area contributed by atoms with Crippen molar-refractivity contribution in [1.29, 1.82) is 0 Å². The zero-order valence-electron chi connectivity index (χ0n) is 4.75. The van der Waals surface area contributed by atoms with Gasteiger partial charge in [-0.15, -0.1) is 24.8 Å². The van der Waals surface area contributed by atoms with Crippen molar-refractivity contribution in [2.75, 3.05) is 14.1 Å². The molecule has 0 bridgehead atoms. The first kappa shape index (κ1) is 15.7. The van der Waals surface area contributed by atoms with Gasteiger partial charge in [-0.1, -0.05) is 0 Å². The Morgan fingerprint density at radius 1 is 1.38 bits per heavy atom. The molecule has 0 rings (SSSR count). The van der Waals surface area contributed by atoms with Gasteiger partial charge in [-0.2, -0.15) is 0 Å². The molecule has 0 saturated carbocycles. The van der Waals surface area contributed by atoms with Gasteiger partial charge in [0.2, 0.25) is 0 Å². The van der Waals surface area contributed by atoms with E-state index in [-0.39, 0.29) is 24.8 Å². The van der Waals surface area contributed by atoms with Crippen LogP contribution in [0.5, 0.6) is 0 Å². The maximum atomic E-state index is 9.85. The molecule has 0 aliphatic carbocycles. The molecule has 0 aliphatic heterocycles. The quantitative estimate of drug-likeness (QED) is 0.551. The lowest BCUT2D eigenvalue weighted by molar-refractivity contribution is 0.227. The summed E-state index contributed by atoms with van der Waals surface area (Å²) in [6.07, 6.45) is 0. The monoisotopic (exact) mass is 160 g/mol. The van der Waals surface area contributed by atoms with Crippen LogP contribution in [0.1, 0.15) is 0 Å². The largest absolute Gasteiger partial charge is 0.352 e. The summed E-state index contributed by atoms with van der Waals surface area (Å²) in [4.78, 5) is 11.2. The van der Waals surface area contributed by atoms with Gasteiger partial charge in [0.05, 0.1) is 0 Å². The highest BCUT2D eigenvalue weighted by atomic mass is 35.5. The molecule has 0 fully saturated rings. The van der Waals surface area contributed by atoms with Gasteiger partial charge in [-0.25, -0.2) is 4.79 Å². The highest BCUT2D eigenvalue weighted by Gasteiger charge is 1.88. The molecule has 0 aliphatic rings. The van der Waals surface area contributed by atoms with Crippen molar-refractivity contribution < 1.29 is 4.79 Å². The normalized spacial score (nSPS) is 5.75. The van der Waals surface area contributed by atoms with Gasteiger partial charge < -0.3 is 10.6 Å². The summed E-state index contributed by atoms with van der Waals surface area (Å²) < 4.78 is 0. The third-order valence-electron chi connectivity index (χ3n) is 0.441. The van der Waals surface area contributed by atoms with Crippen molar-refractivity contribution in [2.24, 2.45) is 5.73 Å². The number of nitrogens with zero attached hydrogens (tertiary/aromatic N) is 1. The first-order valence-electron chi connectivity index (χ1n) is 1.61. The minimum atomic E-state index is -0.407. The van der Waals surface area contributed by atoms with Crippen LogP contribution in [0.15, 0.2) is 0 Å². The number of carbonyl (C=O) groups excluding carboxylic acids is 1. The third kappa shape index (κ3) is 9.28. The minimum Gasteiger partial charge on any atom is -0.352 e. The van der Waals surface area contributed by atoms with Crippen LogP contribution >= 0.6 is 24.8 Å². The van der Waals surface area contributed by atoms with Crippen LogP contribution in [0.2, 0.25) is 0 Å². The SMILES string of the molecule is CN(C)C(N)=O.Cl.Cl. The fourth-order valence-corrected chi connectivity index (χ4v) is 0. The fourth-order valence-electron chi connectivity index (χ4n) is 0. The zero-order valence-corrected chi connectivity index (χ0v) is 6.38. The number of primary amides is 1. The van der Waals surface area contributed by atoms with E-state index in [1.807, 2.05) is 0 Å². The second-order valence-corrected chi connectivity index (χ2v) is 1.23. The van der Waals surface area contributed by atoms with E-state index in [4.69, 9.17) is 5.73 Å². The van der Waals surface area contributed by atoms with E-state index < -0.39 is 6.03 Å². The molecular formula is C3H10Cl2N2O. The maximum Gasteiger partial charge on any atom is 0.314 e. The van der Waals surface area contributed by atoms with Crippen LogP contribution in [0, 0.1) is 0 Å². The summed E-state index contributed by atoms with van der Waals surface area (Å²) in [5, 5.41) is 0. The number of amides is 2. The number of hydrogen-bond acceptors (Lipinski definition) is 1. The Balaban J connectivity index is -0.000000125. The van der Waals surface area contributed by atoms with Crippen LogP contribution in [-0.2, 0) is 0 Å². The minimum absolute atomic E-state index is 0. The van der Waals surface area contributed by atoms with Gasteiger partial charge in [0.1, 0.15) is 0 Å². The predicted octanol–water partition coefficient (Wildman–Crippen LogP) is 0.470. The fraction of sp³-hybridized carbons (Fsp3) is 0.667. The second-order valence-electron chi connectivity index (χ2n) is 1.23. The molecule has 0 radical (unpaired) electrons. The Kier molecular flexibility index (Phi) is 13.4. The Labute approximate surface area is 61.0 Å². The number of carbonyl (C=O) groups is 1. The smallest absolute Gasteiger partial charge is 0.314 e. The molecule has 52 valence electrons. The summed E-state index contributed by atoms with van der Waals surface area (Å²) in [7, 11) is 3.20. The Bertz CT molecular complexity index is 66.3. The van der Waals surface area contributed by atoms with Crippen molar-refractivity contribution in [3.05, 3.63) is 0 Å². The average molecular weight is 161 g/mol. The van der Waals surface area contributed by atoms with Crippen molar-refractivity contribution >= 4 is 30.8 Å². The zero-order chi connectivity index (χ0) is 5.15. The van der Waals surface area contributed by atoms with Crippen LogP contribution in [0.25, 0.3) is 0 Å². The van der Waals surface area contributed by atoms with Gasteiger partial charge in [0, 0.05) is 14.1 Å². The lowest BCUT2D eigenvalue weighted by atomic mass is 10.9. The first-order chi connectivity index (χ1) is 2.64. The van der Waals surface area contributed by atoms with E-state index in [1.54, 1.807) is 14.1 Å². The lowest BCUT2D eigenvalue weighted by Gasteiger charge is -2.01. The van der Waals surface area contributed by atoms with Crippen molar-refractivity contribution in [2.45, 2.75) is 0 Å². The molecule has 2 N–H and O–H groups in total. The van der Waals surface area contributed by atoms with Gasteiger partial charge in [0.25, 0.3) is 0 Å². The maximum absolute atomic E-state index is 9.85. The molecule has 0 saturated heterocycles. The summed E-state index contributed by atoms with van der Waals surface area (Å²) in [5.74, 6) is 0. The third-order valence-corrected chi connectivity index (χ3v) is 0.441. The highest BCUT2D eigenvalue weighted by molar-refractivity contribution is 5.85. The standard InChI is InChI=1S/C3H8N2O.2ClH/c1-5(2)3(4)6;;/h1-2H3,(H2,4,6);2*1H. The average Bonchev–Trinajstić information content (AvgIpc) is 1.36. The van der Waals surface area contributed by atoms with E-state index in [0.29, 0.717) is 0 Å². The van der Waals surface area contributed by atoms with Crippen LogP contribution in [0.4, 0.5) is 4.79 Å². The molecule has 0 spiro atoms. The lowest BCUT2D eigenvalue weighted by Crippen LogP contribution is -2.27. The Morgan fingerprint density at radius 2 is 1.50 bits per heavy atom. The van der Waals surface area contributed by atoms with E-state index in [9.17, 15) is 4.79 Å². The van der Waals surface area contributed by atoms with Crippen LogP contribution < -0.4 is 5.73 Å². The molecule has 0 aromatic carbocycles. The number of nitrogens with two attached hydrogens (primary N) is 1. The van der Waals surface area contributed by atoms with Crippen molar-refractivity contribution in [1.82, 2.24) is 4.90 Å². The van der Waals surface area contributed by atoms with E-state index in [2.05, 4.69) is 0 Å². The van der Waals surface area contributed by atoms with E-state index >= 15 is 0 Å². The topological polar surface area (TPSA) is 46.3 Å². The predicted molar refractivity (Wildman–Crippen MR) is 37.8 cm³/mol. The Hall–Kier alpha value is -0.150. The first-order valence-corrected chi connectivity index (χ1v) is 1.61. The molecule has 3 nitrogen and oxygen atoms in total.